The van der Waals surface area contributed by atoms with E-state index in [0.717, 1.165) is 16.7 Å². The molecule has 0 saturated carbocycles. The highest BCUT2D eigenvalue weighted by Gasteiger charge is 2.31. The topological polar surface area (TPSA) is 65.0 Å². The Morgan fingerprint density at radius 2 is 1.48 bits per heavy atom. The number of fused-ring (bicyclic) bond motifs is 1. The highest BCUT2D eigenvalue weighted by atomic mass is 31.1. The zero-order chi connectivity index (χ0) is 17.2. The van der Waals surface area contributed by atoms with E-state index in [1.165, 1.54) is 0 Å². The van der Waals surface area contributed by atoms with Crippen molar-refractivity contribution < 1.29 is 23.5 Å². The predicted molar refractivity (Wildman–Crippen MR) is 93.9 cm³/mol. The molecule has 5 nitrogen and oxygen atoms in total. The summed E-state index contributed by atoms with van der Waals surface area (Å²) in [6.07, 6.45) is 0. The summed E-state index contributed by atoms with van der Waals surface area (Å²) in [6, 6.07) is 20.8. The molecule has 0 bridgehead atoms. The molecule has 0 spiro atoms. The van der Waals surface area contributed by atoms with Crippen LogP contribution in [0, 0.1) is 0 Å². The van der Waals surface area contributed by atoms with Crippen molar-refractivity contribution in [3.63, 3.8) is 0 Å². The third-order valence-electron chi connectivity index (χ3n) is 3.93. The van der Waals surface area contributed by atoms with Crippen LogP contribution in [0.15, 0.2) is 66.7 Å². The molecule has 3 aromatic carbocycles. The molecule has 1 aliphatic rings. The normalized spacial score (nSPS) is 12.8. The first kappa shape index (κ1) is 15.6. The Labute approximate surface area is 145 Å². The number of ether oxygens (including phenoxy) is 2. The number of rotatable bonds is 4. The molecule has 1 atom stereocenters. The monoisotopic (exact) mass is 353 g/mol. The van der Waals surface area contributed by atoms with Crippen LogP contribution in [0.25, 0.3) is 22.3 Å². The van der Waals surface area contributed by atoms with Gasteiger partial charge in [-0.2, -0.15) is 0 Å². The van der Waals surface area contributed by atoms with E-state index < -0.39 is 8.25 Å². The number of benzene rings is 3. The van der Waals surface area contributed by atoms with E-state index in [9.17, 15) is 9.46 Å². The Bertz CT molecular complexity index is 926. The first-order chi connectivity index (χ1) is 12.2. The number of hydrogen-bond acceptors (Lipinski definition) is 4. The fourth-order valence-electron chi connectivity index (χ4n) is 2.91. The first-order valence-corrected chi connectivity index (χ1v) is 8.78. The fourth-order valence-corrected chi connectivity index (χ4v) is 3.22. The zero-order valence-corrected chi connectivity index (χ0v) is 14.0. The molecule has 124 valence electrons. The van der Waals surface area contributed by atoms with E-state index in [1.54, 1.807) is 6.07 Å². The summed E-state index contributed by atoms with van der Waals surface area (Å²) in [5, 5.41) is 0. The Balaban J connectivity index is 1.99. The second-order valence-corrected chi connectivity index (χ2v) is 6.08. The lowest BCUT2D eigenvalue weighted by molar-refractivity contribution is 0.174. The molecule has 0 saturated heterocycles. The molecule has 4 rings (SSSR count). The summed E-state index contributed by atoms with van der Waals surface area (Å²) in [5.74, 6) is 1.39. The van der Waals surface area contributed by atoms with Crippen molar-refractivity contribution in [2.24, 2.45) is 0 Å². The quantitative estimate of drug-likeness (QED) is 0.684. The molecule has 25 heavy (non-hydrogen) atoms. The standard InChI is InChI=1S/C19H13O5P/c20-25(21)24-16-11-15(13-7-3-1-4-8-13)18-19(23-12-22-18)17(16)14-9-5-2-6-10-14/h1-11H,12H2/p+1. The Kier molecular flexibility index (Phi) is 4.10. The van der Waals surface area contributed by atoms with Crippen molar-refractivity contribution in [2.45, 2.75) is 0 Å². The summed E-state index contributed by atoms with van der Waals surface area (Å²) in [5.41, 5.74) is 3.07. The fraction of sp³-hybridized carbons (Fsp3) is 0.0526. The average Bonchev–Trinajstić information content (AvgIpc) is 3.11. The van der Waals surface area contributed by atoms with Gasteiger partial charge in [0.05, 0.1) is 5.56 Å². The van der Waals surface area contributed by atoms with Crippen molar-refractivity contribution in [2.75, 3.05) is 6.79 Å². The Morgan fingerprint density at radius 3 is 2.12 bits per heavy atom. The SMILES string of the molecule is O=[P+](O)Oc1cc(-c2ccccc2)c2c(c1-c1ccccc1)OCO2. The van der Waals surface area contributed by atoms with E-state index in [4.69, 9.17) is 14.0 Å². The third-order valence-corrected chi connectivity index (χ3v) is 4.28. The van der Waals surface area contributed by atoms with Crippen LogP contribution in [-0.2, 0) is 4.57 Å². The van der Waals surface area contributed by atoms with Gasteiger partial charge in [0.15, 0.2) is 11.5 Å². The molecular formula is C19H14O5P+. The lowest BCUT2D eigenvalue weighted by Crippen LogP contribution is -1.94. The molecule has 3 aromatic rings. The maximum atomic E-state index is 11.4. The molecule has 1 unspecified atom stereocenters. The van der Waals surface area contributed by atoms with E-state index in [2.05, 4.69) is 0 Å². The van der Waals surface area contributed by atoms with Gasteiger partial charge in [-0.25, -0.2) is 4.52 Å². The van der Waals surface area contributed by atoms with Crippen LogP contribution in [-0.4, -0.2) is 11.7 Å². The Morgan fingerprint density at radius 1 is 0.880 bits per heavy atom. The number of hydrogen-bond donors (Lipinski definition) is 1. The molecule has 1 aliphatic heterocycles. The molecule has 1 N–H and O–H groups in total. The maximum Gasteiger partial charge on any atom is 0.747 e. The van der Waals surface area contributed by atoms with Gasteiger partial charge < -0.3 is 9.47 Å². The van der Waals surface area contributed by atoms with Gasteiger partial charge in [0.25, 0.3) is 0 Å². The van der Waals surface area contributed by atoms with Gasteiger partial charge in [-0.15, -0.1) is 4.89 Å². The first-order valence-electron chi connectivity index (χ1n) is 7.65. The van der Waals surface area contributed by atoms with Crippen LogP contribution < -0.4 is 14.0 Å². The molecule has 0 fully saturated rings. The molecular weight excluding hydrogens is 339 g/mol. The van der Waals surface area contributed by atoms with Crippen LogP contribution in [0.3, 0.4) is 0 Å². The maximum absolute atomic E-state index is 11.4. The van der Waals surface area contributed by atoms with Crippen LogP contribution in [0.5, 0.6) is 17.2 Å². The second kappa shape index (κ2) is 6.55. The van der Waals surface area contributed by atoms with Gasteiger partial charge in [0, 0.05) is 10.1 Å². The minimum atomic E-state index is -2.82. The van der Waals surface area contributed by atoms with Gasteiger partial charge in [-0.05, 0) is 17.2 Å². The lowest BCUT2D eigenvalue weighted by atomic mass is 9.97. The van der Waals surface area contributed by atoms with Crippen molar-refractivity contribution in [3.05, 3.63) is 66.7 Å². The molecule has 0 amide bonds. The largest absolute Gasteiger partial charge is 0.747 e. The van der Waals surface area contributed by atoms with Gasteiger partial charge in [-0.1, -0.05) is 60.7 Å². The minimum absolute atomic E-state index is 0.0870. The molecule has 0 aromatic heterocycles. The summed E-state index contributed by atoms with van der Waals surface area (Å²) in [4.78, 5) is 9.30. The van der Waals surface area contributed by atoms with Gasteiger partial charge in [0.2, 0.25) is 12.5 Å². The molecule has 6 heteroatoms. The molecule has 0 radical (unpaired) electrons. The molecule has 1 heterocycles. The van der Waals surface area contributed by atoms with E-state index in [-0.39, 0.29) is 12.5 Å². The Hall–Kier alpha value is -2.88. The molecule has 0 aliphatic carbocycles. The smallest absolute Gasteiger partial charge is 0.453 e. The van der Waals surface area contributed by atoms with Gasteiger partial charge in [-0.3, -0.25) is 0 Å². The zero-order valence-electron chi connectivity index (χ0n) is 13.1. The minimum Gasteiger partial charge on any atom is -0.453 e. The van der Waals surface area contributed by atoms with Crippen LogP contribution >= 0.6 is 8.25 Å². The van der Waals surface area contributed by atoms with Crippen LogP contribution in [0.2, 0.25) is 0 Å². The van der Waals surface area contributed by atoms with Crippen LogP contribution in [0.1, 0.15) is 0 Å². The van der Waals surface area contributed by atoms with E-state index in [0.29, 0.717) is 17.1 Å². The average molecular weight is 353 g/mol. The summed E-state index contributed by atoms with van der Waals surface area (Å²) >= 11 is 0. The van der Waals surface area contributed by atoms with Crippen molar-refractivity contribution >= 4 is 8.25 Å². The second-order valence-electron chi connectivity index (χ2n) is 5.42. The van der Waals surface area contributed by atoms with Crippen molar-refractivity contribution in [1.29, 1.82) is 0 Å². The predicted octanol–water partition coefficient (Wildman–Crippen LogP) is 4.78. The van der Waals surface area contributed by atoms with Gasteiger partial charge >= 0.3 is 8.25 Å². The summed E-state index contributed by atoms with van der Waals surface area (Å²) < 4.78 is 28.0. The third kappa shape index (κ3) is 2.95. The van der Waals surface area contributed by atoms with Crippen molar-refractivity contribution in [3.8, 4) is 39.5 Å². The summed E-state index contributed by atoms with van der Waals surface area (Å²) in [6.45, 7) is 0.0870. The van der Waals surface area contributed by atoms with E-state index in [1.807, 2.05) is 60.7 Å². The lowest BCUT2D eigenvalue weighted by Gasteiger charge is -2.12. The van der Waals surface area contributed by atoms with Gasteiger partial charge in [0.1, 0.15) is 0 Å². The highest BCUT2D eigenvalue weighted by molar-refractivity contribution is 7.32. The van der Waals surface area contributed by atoms with Crippen molar-refractivity contribution in [1.82, 2.24) is 0 Å². The van der Waals surface area contributed by atoms with Crippen LogP contribution in [0.4, 0.5) is 0 Å². The summed E-state index contributed by atoms with van der Waals surface area (Å²) in [7, 11) is -2.82. The van der Waals surface area contributed by atoms with E-state index >= 15 is 0 Å². The highest BCUT2D eigenvalue weighted by Crippen LogP contribution is 2.53.